The summed E-state index contributed by atoms with van der Waals surface area (Å²) in [6.07, 6.45) is 9.14. The summed E-state index contributed by atoms with van der Waals surface area (Å²) in [5.41, 5.74) is 1.19. The Balaban J connectivity index is 1.83. The Morgan fingerprint density at radius 2 is 2.33 bits per heavy atom. The standard InChI is InChI=1S/C16H29N5/c1-4-17-16(20-15-7-5-6-13(2)10-15)18-8-9-21-12-14(3)11-19-21/h11-13,15H,4-10H2,1-3H3,(H2,17,18,20). The van der Waals surface area contributed by atoms with E-state index < -0.39 is 0 Å². The van der Waals surface area contributed by atoms with Crippen molar-refractivity contribution in [2.75, 3.05) is 13.1 Å². The van der Waals surface area contributed by atoms with Crippen molar-refractivity contribution >= 4 is 5.96 Å². The average molecular weight is 291 g/mol. The lowest BCUT2D eigenvalue weighted by Gasteiger charge is -2.28. The SMILES string of the molecule is CCNC(=NCCn1cc(C)cn1)NC1CCCC(C)C1. The molecule has 0 spiro atoms. The molecule has 118 valence electrons. The van der Waals surface area contributed by atoms with Gasteiger partial charge in [-0.25, -0.2) is 0 Å². The maximum absolute atomic E-state index is 4.67. The molecule has 0 aromatic carbocycles. The fourth-order valence-electron chi connectivity index (χ4n) is 2.93. The number of nitrogens with one attached hydrogen (secondary N) is 2. The van der Waals surface area contributed by atoms with E-state index in [1.165, 1.54) is 31.2 Å². The van der Waals surface area contributed by atoms with Gasteiger partial charge in [-0.1, -0.05) is 19.8 Å². The normalized spacial score (nSPS) is 23.1. The highest BCUT2D eigenvalue weighted by molar-refractivity contribution is 5.80. The lowest BCUT2D eigenvalue weighted by molar-refractivity contribution is 0.324. The maximum atomic E-state index is 4.67. The molecule has 2 unspecified atom stereocenters. The van der Waals surface area contributed by atoms with Crippen molar-refractivity contribution in [3.8, 4) is 0 Å². The van der Waals surface area contributed by atoms with Gasteiger partial charge in [-0.3, -0.25) is 9.67 Å². The summed E-state index contributed by atoms with van der Waals surface area (Å²) in [5, 5.41) is 11.2. The van der Waals surface area contributed by atoms with Crippen LogP contribution in [-0.4, -0.2) is 34.9 Å². The summed E-state index contributed by atoms with van der Waals surface area (Å²) in [6.45, 7) is 8.98. The molecule has 0 radical (unpaired) electrons. The minimum atomic E-state index is 0.568. The smallest absolute Gasteiger partial charge is 0.191 e. The molecule has 2 atom stereocenters. The molecule has 1 saturated carbocycles. The third-order valence-corrected chi connectivity index (χ3v) is 3.98. The van der Waals surface area contributed by atoms with Crippen molar-refractivity contribution in [2.24, 2.45) is 10.9 Å². The monoisotopic (exact) mass is 291 g/mol. The van der Waals surface area contributed by atoms with Crippen LogP contribution in [0.15, 0.2) is 17.4 Å². The highest BCUT2D eigenvalue weighted by Gasteiger charge is 2.19. The Hall–Kier alpha value is -1.52. The quantitative estimate of drug-likeness (QED) is 0.646. The highest BCUT2D eigenvalue weighted by Crippen LogP contribution is 2.23. The van der Waals surface area contributed by atoms with Crippen molar-refractivity contribution in [1.29, 1.82) is 0 Å². The summed E-state index contributed by atoms with van der Waals surface area (Å²) < 4.78 is 1.95. The van der Waals surface area contributed by atoms with Gasteiger partial charge < -0.3 is 10.6 Å². The second-order valence-corrected chi connectivity index (χ2v) is 6.15. The molecule has 2 N–H and O–H groups in total. The number of hydrogen-bond acceptors (Lipinski definition) is 2. The predicted molar refractivity (Wildman–Crippen MR) is 87.5 cm³/mol. The molecule has 1 aliphatic carbocycles. The number of aliphatic imine (C=N–C) groups is 1. The molecule has 0 amide bonds. The third kappa shape index (κ3) is 5.40. The van der Waals surface area contributed by atoms with Gasteiger partial charge >= 0.3 is 0 Å². The van der Waals surface area contributed by atoms with Crippen LogP contribution in [-0.2, 0) is 6.54 Å². The van der Waals surface area contributed by atoms with Crippen LogP contribution in [0.3, 0.4) is 0 Å². The third-order valence-electron chi connectivity index (χ3n) is 3.98. The zero-order valence-electron chi connectivity index (χ0n) is 13.6. The van der Waals surface area contributed by atoms with Gasteiger partial charge in [0.05, 0.1) is 19.3 Å². The largest absolute Gasteiger partial charge is 0.357 e. The zero-order valence-corrected chi connectivity index (χ0v) is 13.6. The number of hydrogen-bond donors (Lipinski definition) is 2. The van der Waals surface area contributed by atoms with Crippen LogP contribution < -0.4 is 10.6 Å². The van der Waals surface area contributed by atoms with Crippen molar-refractivity contribution in [3.05, 3.63) is 18.0 Å². The minimum Gasteiger partial charge on any atom is -0.357 e. The van der Waals surface area contributed by atoms with E-state index in [1.54, 1.807) is 0 Å². The Labute approximate surface area is 128 Å². The summed E-state index contributed by atoms with van der Waals surface area (Å²) in [6, 6.07) is 0.568. The molecule has 0 aliphatic heterocycles. The van der Waals surface area contributed by atoms with E-state index in [4.69, 9.17) is 0 Å². The first-order valence-corrected chi connectivity index (χ1v) is 8.21. The molecular weight excluding hydrogens is 262 g/mol. The van der Waals surface area contributed by atoms with Crippen molar-refractivity contribution in [3.63, 3.8) is 0 Å². The van der Waals surface area contributed by atoms with E-state index in [-0.39, 0.29) is 0 Å². The number of aryl methyl sites for hydroxylation is 1. The molecule has 0 saturated heterocycles. The van der Waals surface area contributed by atoms with E-state index in [2.05, 4.69) is 47.7 Å². The summed E-state index contributed by atoms with van der Waals surface area (Å²) in [5.74, 6) is 1.77. The number of guanidine groups is 1. The van der Waals surface area contributed by atoms with Crippen LogP contribution in [0.5, 0.6) is 0 Å². The summed E-state index contributed by atoms with van der Waals surface area (Å²) >= 11 is 0. The molecule has 1 aliphatic rings. The fourth-order valence-corrected chi connectivity index (χ4v) is 2.93. The zero-order chi connectivity index (χ0) is 15.1. The van der Waals surface area contributed by atoms with Gasteiger partial charge in [-0.2, -0.15) is 5.10 Å². The molecule has 1 aromatic heterocycles. The molecule has 1 heterocycles. The van der Waals surface area contributed by atoms with Crippen LogP contribution in [0.1, 0.15) is 45.1 Å². The maximum Gasteiger partial charge on any atom is 0.191 e. The van der Waals surface area contributed by atoms with Crippen LogP contribution in [0.2, 0.25) is 0 Å². The topological polar surface area (TPSA) is 54.2 Å². The van der Waals surface area contributed by atoms with Gasteiger partial charge in [0.25, 0.3) is 0 Å². The molecule has 1 aromatic rings. The molecule has 21 heavy (non-hydrogen) atoms. The van der Waals surface area contributed by atoms with Gasteiger partial charge in [0, 0.05) is 18.8 Å². The van der Waals surface area contributed by atoms with Crippen LogP contribution in [0.4, 0.5) is 0 Å². The van der Waals surface area contributed by atoms with Gasteiger partial charge in [-0.15, -0.1) is 0 Å². The second-order valence-electron chi connectivity index (χ2n) is 6.15. The Bertz CT molecular complexity index is 451. The number of rotatable bonds is 5. The van der Waals surface area contributed by atoms with Crippen molar-refractivity contribution < 1.29 is 0 Å². The summed E-state index contributed by atoms with van der Waals surface area (Å²) in [4.78, 5) is 4.67. The van der Waals surface area contributed by atoms with Gasteiger partial charge in [0.2, 0.25) is 0 Å². The van der Waals surface area contributed by atoms with Crippen LogP contribution in [0.25, 0.3) is 0 Å². The molecule has 5 nitrogen and oxygen atoms in total. The predicted octanol–water partition coefficient (Wildman–Crippen LogP) is 2.33. The first-order chi connectivity index (χ1) is 10.2. The minimum absolute atomic E-state index is 0.568. The van der Waals surface area contributed by atoms with E-state index in [9.17, 15) is 0 Å². The lowest BCUT2D eigenvalue weighted by atomic mass is 9.87. The molecule has 2 rings (SSSR count). The average Bonchev–Trinajstić information content (AvgIpc) is 2.85. The van der Waals surface area contributed by atoms with Crippen LogP contribution >= 0.6 is 0 Å². The van der Waals surface area contributed by atoms with E-state index >= 15 is 0 Å². The van der Waals surface area contributed by atoms with Gasteiger partial charge in [0.1, 0.15) is 0 Å². The van der Waals surface area contributed by atoms with E-state index in [0.717, 1.165) is 31.5 Å². The Morgan fingerprint density at radius 3 is 3.00 bits per heavy atom. The fraction of sp³-hybridized carbons (Fsp3) is 0.750. The molecule has 5 heteroatoms. The molecule has 0 bridgehead atoms. The van der Waals surface area contributed by atoms with Crippen LogP contribution in [0, 0.1) is 12.8 Å². The van der Waals surface area contributed by atoms with Crippen molar-refractivity contribution in [1.82, 2.24) is 20.4 Å². The Morgan fingerprint density at radius 1 is 1.48 bits per heavy atom. The number of nitrogens with zero attached hydrogens (tertiary/aromatic N) is 3. The Kier molecular flexibility index (Phi) is 6.08. The molecular formula is C16H29N5. The highest BCUT2D eigenvalue weighted by atomic mass is 15.3. The lowest BCUT2D eigenvalue weighted by Crippen LogP contribution is -2.45. The first kappa shape index (κ1) is 15.9. The number of aromatic nitrogens is 2. The molecule has 1 fully saturated rings. The van der Waals surface area contributed by atoms with E-state index in [0.29, 0.717) is 6.04 Å². The second kappa shape index (κ2) is 8.05. The summed E-state index contributed by atoms with van der Waals surface area (Å²) in [7, 11) is 0. The first-order valence-electron chi connectivity index (χ1n) is 8.21. The van der Waals surface area contributed by atoms with E-state index in [1.807, 2.05) is 10.9 Å². The van der Waals surface area contributed by atoms with Crippen molar-refractivity contribution in [2.45, 2.75) is 59.0 Å². The van der Waals surface area contributed by atoms with Gasteiger partial charge in [-0.05, 0) is 38.2 Å². The van der Waals surface area contributed by atoms with Gasteiger partial charge in [0.15, 0.2) is 5.96 Å².